The smallest absolute Gasteiger partial charge is 0.0718 e. The van der Waals surface area contributed by atoms with Crippen molar-refractivity contribution in [2.75, 3.05) is 4.90 Å². The van der Waals surface area contributed by atoms with Gasteiger partial charge in [0.05, 0.1) is 27.7 Å². The van der Waals surface area contributed by atoms with Crippen molar-refractivity contribution in [3.05, 3.63) is 226 Å². The average molecular weight is 781 g/mol. The Balaban J connectivity index is 1.12. The summed E-state index contributed by atoms with van der Waals surface area (Å²) in [5, 5.41) is 4.09. The normalized spacial score (nSPS) is 18.1. The number of anilines is 3. The van der Waals surface area contributed by atoms with Crippen molar-refractivity contribution in [1.82, 2.24) is 4.57 Å². The average Bonchev–Trinajstić information content (AvgIpc) is 3.88. The maximum atomic E-state index is 2.58. The molecule has 2 heterocycles. The zero-order valence-electron chi connectivity index (χ0n) is 34.7. The van der Waals surface area contributed by atoms with E-state index in [1.165, 1.54) is 105 Å². The highest BCUT2D eigenvalue weighted by atomic mass is 15.1. The van der Waals surface area contributed by atoms with Crippen LogP contribution in [0, 0.1) is 5.92 Å². The molecule has 4 aliphatic rings. The number of para-hydroxylation sites is 2. The summed E-state index contributed by atoms with van der Waals surface area (Å²) in [6.45, 7) is 7.17. The Morgan fingerprint density at radius 3 is 2.00 bits per heavy atom. The lowest BCUT2D eigenvalue weighted by atomic mass is 9.63. The first-order valence-electron chi connectivity index (χ1n) is 21.8. The standard InChI is InChI=1S/C59H44N2/c1-37-34-46-44-19-9-13-25-53(44)61-54-26-14-12-23-49(54)59(52(35-37)57(46)61)48-22-11-8-20-45(48)56-50(59)24-15-27-55(56)60(40-30-28-39(29-31-40)38-16-5-4-6-17-38)41-32-33-43-42-18-7-10-21-47(42)58(2,3)51(43)36-41/h4-34,36-37H,35H2,1-3H3. The first-order valence-corrected chi connectivity index (χ1v) is 21.8. The molecule has 3 aliphatic carbocycles. The topological polar surface area (TPSA) is 8.17 Å². The van der Waals surface area contributed by atoms with E-state index in [-0.39, 0.29) is 5.41 Å². The molecule has 13 rings (SSSR count). The van der Waals surface area contributed by atoms with E-state index in [4.69, 9.17) is 0 Å². The summed E-state index contributed by atoms with van der Waals surface area (Å²) in [5.74, 6) is 0.391. The summed E-state index contributed by atoms with van der Waals surface area (Å²) in [6.07, 6.45) is 3.52. The molecule has 2 nitrogen and oxygen atoms in total. The van der Waals surface area contributed by atoms with E-state index in [1.807, 2.05) is 0 Å². The highest BCUT2D eigenvalue weighted by Crippen LogP contribution is 2.63. The van der Waals surface area contributed by atoms with Crippen LogP contribution in [-0.4, -0.2) is 4.57 Å². The molecule has 290 valence electrons. The van der Waals surface area contributed by atoms with Gasteiger partial charge in [0.1, 0.15) is 0 Å². The van der Waals surface area contributed by atoms with Crippen molar-refractivity contribution in [3.8, 4) is 39.1 Å². The predicted molar refractivity (Wildman–Crippen MR) is 254 cm³/mol. The zero-order valence-corrected chi connectivity index (χ0v) is 34.7. The molecule has 0 amide bonds. The fourth-order valence-corrected chi connectivity index (χ4v) is 12.0. The largest absolute Gasteiger partial charge is 0.310 e. The minimum Gasteiger partial charge on any atom is -0.310 e. The summed E-state index contributed by atoms with van der Waals surface area (Å²) < 4.78 is 2.58. The summed E-state index contributed by atoms with van der Waals surface area (Å²) in [7, 11) is 0. The first kappa shape index (κ1) is 34.7. The first-order chi connectivity index (χ1) is 29.9. The third-order valence-corrected chi connectivity index (χ3v) is 14.5. The fourth-order valence-electron chi connectivity index (χ4n) is 12.0. The number of rotatable bonds is 4. The molecule has 61 heavy (non-hydrogen) atoms. The molecule has 2 heteroatoms. The van der Waals surface area contributed by atoms with E-state index in [9.17, 15) is 0 Å². The Bertz CT molecular complexity index is 3440. The van der Waals surface area contributed by atoms with Gasteiger partial charge in [-0.25, -0.2) is 0 Å². The highest BCUT2D eigenvalue weighted by Gasteiger charge is 2.52. The van der Waals surface area contributed by atoms with Crippen molar-refractivity contribution in [2.45, 2.75) is 38.0 Å². The summed E-state index contributed by atoms with van der Waals surface area (Å²) in [4.78, 5) is 2.54. The minimum atomic E-state index is -0.468. The maximum Gasteiger partial charge on any atom is 0.0718 e. The van der Waals surface area contributed by atoms with Crippen LogP contribution in [0.1, 0.15) is 55.0 Å². The van der Waals surface area contributed by atoms with Crippen LogP contribution in [0.15, 0.2) is 188 Å². The molecule has 1 spiro atoms. The lowest BCUT2D eigenvalue weighted by Gasteiger charge is -2.42. The van der Waals surface area contributed by atoms with E-state index in [2.05, 4.69) is 224 Å². The van der Waals surface area contributed by atoms with Crippen LogP contribution < -0.4 is 15.5 Å². The molecule has 1 aromatic heterocycles. The molecule has 0 N–H and O–H groups in total. The van der Waals surface area contributed by atoms with Gasteiger partial charge in [-0.2, -0.15) is 0 Å². The molecule has 0 bridgehead atoms. The van der Waals surface area contributed by atoms with Gasteiger partial charge >= 0.3 is 0 Å². The second kappa shape index (κ2) is 12.4. The number of nitrogens with zero attached hydrogens (tertiary/aromatic N) is 2. The van der Waals surface area contributed by atoms with Gasteiger partial charge in [0.15, 0.2) is 0 Å². The van der Waals surface area contributed by atoms with Crippen LogP contribution in [0.25, 0.3) is 61.6 Å². The Morgan fingerprint density at radius 1 is 0.525 bits per heavy atom. The number of hydrogen-bond acceptors (Lipinski definition) is 1. The second-order valence-electron chi connectivity index (χ2n) is 18.1. The van der Waals surface area contributed by atoms with Crippen molar-refractivity contribution >= 4 is 39.6 Å². The lowest BCUT2D eigenvalue weighted by Crippen LogP contribution is -2.47. The maximum absolute atomic E-state index is 2.58. The summed E-state index contributed by atoms with van der Waals surface area (Å²) >= 11 is 0. The molecule has 8 aromatic carbocycles. The van der Waals surface area contributed by atoms with Crippen molar-refractivity contribution in [3.63, 3.8) is 0 Å². The highest BCUT2D eigenvalue weighted by molar-refractivity contribution is 6.02. The van der Waals surface area contributed by atoms with Gasteiger partial charge < -0.3 is 9.47 Å². The van der Waals surface area contributed by atoms with Crippen LogP contribution >= 0.6 is 0 Å². The van der Waals surface area contributed by atoms with Gasteiger partial charge in [0.2, 0.25) is 0 Å². The Labute approximate surface area is 357 Å². The fraction of sp³-hybridized carbons (Fsp3) is 0.119. The number of aromatic nitrogens is 1. The Morgan fingerprint density at radius 2 is 1.16 bits per heavy atom. The Hall–Kier alpha value is -7.16. The molecule has 2 atom stereocenters. The van der Waals surface area contributed by atoms with Gasteiger partial charge in [0, 0.05) is 33.0 Å². The summed E-state index contributed by atoms with van der Waals surface area (Å²) in [6, 6.07) is 70.8. The van der Waals surface area contributed by atoms with Crippen molar-refractivity contribution in [2.24, 2.45) is 5.92 Å². The molecule has 0 saturated heterocycles. The second-order valence-corrected chi connectivity index (χ2v) is 18.1. The molecule has 9 aromatic rings. The molecule has 0 saturated carbocycles. The van der Waals surface area contributed by atoms with Crippen molar-refractivity contribution < 1.29 is 0 Å². The van der Waals surface area contributed by atoms with Crippen LogP contribution in [-0.2, 0) is 10.8 Å². The number of benzene rings is 8. The predicted octanol–water partition coefficient (Wildman–Crippen LogP) is 13.4. The van der Waals surface area contributed by atoms with E-state index >= 15 is 0 Å². The van der Waals surface area contributed by atoms with Gasteiger partial charge in [0.25, 0.3) is 0 Å². The zero-order chi connectivity index (χ0) is 40.6. The monoisotopic (exact) mass is 780 g/mol. The van der Waals surface area contributed by atoms with Gasteiger partial charge in [-0.05, 0) is 116 Å². The van der Waals surface area contributed by atoms with Gasteiger partial charge in [-0.15, -0.1) is 0 Å². The lowest BCUT2D eigenvalue weighted by molar-refractivity contribution is 0.660. The number of fused-ring (bicyclic) bond motifs is 15. The molecule has 2 unspecified atom stereocenters. The minimum absolute atomic E-state index is 0.132. The number of hydrogen-bond donors (Lipinski definition) is 0. The quantitative estimate of drug-likeness (QED) is 0.173. The van der Waals surface area contributed by atoms with Crippen LogP contribution in [0.4, 0.5) is 17.1 Å². The third kappa shape index (κ3) is 4.52. The molecule has 0 radical (unpaired) electrons. The van der Waals surface area contributed by atoms with Gasteiger partial charge in [-0.3, -0.25) is 0 Å². The van der Waals surface area contributed by atoms with E-state index in [0.29, 0.717) is 5.92 Å². The molecule has 0 fully saturated rings. The SMILES string of the molecule is CC1C=c2c3n(c4ccccc24)-c2ccccc2C2(C=3C1)c1ccccc1-c1c(N(c3ccc(-c4ccccc4)cc3)c3ccc4c(c3)C(C)(C)c3ccccc3-4)cccc12. The van der Waals surface area contributed by atoms with E-state index < -0.39 is 5.41 Å². The van der Waals surface area contributed by atoms with Crippen LogP contribution in [0.2, 0.25) is 0 Å². The van der Waals surface area contributed by atoms with Gasteiger partial charge in [-0.1, -0.05) is 172 Å². The van der Waals surface area contributed by atoms with Crippen LogP contribution in [0.3, 0.4) is 0 Å². The van der Waals surface area contributed by atoms with Crippen molar-refractivity contribution in [1.29, 1.82) is 0 Å². The van der Waals surface area contributed by atoms with Crippen LogP contribution in [0.5, 0.6) is 0 Å². The Kier molecular flexibility index (Phi) is 7.07. The third-order valence-electron chi connectivity index (χ3n) is 14.5. The molecular formula is C59H44N2. The van der Waals surface area contributed by atoms with E-state index in [1.54, 1.807) is 0 Å². The van der Waals surface area contributed by atoms with E-state index in [0.717, 1.165) is 12.1 Å². The molecule has 1 aliphatic heterocycles. The molecular weight excluding hydrogens is 737 g/mol. The summed E-state index contributed by atoms with van der Waals surface area (Å²) in [5.41, 5.74) is 21.5.